The third-order valence-electron chi connectivity index (χ3n) is 6.62. The summed E-state index contributed by atoms with van der Waals surface area (Å²) in [5.41, 5.74) is 1.13. The first-order chi connectivity index (χ1) is 18.1. The molecule has 0 amide bonds. The summed E-state index contributed by atoms with van der Waals surface area (Å²) in [6.45, 7) is 7.19. The fraction of sp³-hybridized carbons (Fsp3) is 0.407. The number of benzene rings is 1. The van der Waals surface area contributed by atoms with Gasteiger partial charge >= 0.3 is 5.88 Å². The first-order valence-electron chi connectivity index (χ1n) is 12.6. The molecule has 4 atom stereocenters. The predicted octanol–water partition coefficient (Wildman–Crippen LogP) is 3.39. The predicted molar refractivity (Wildman–Crippen MR) is 147 cm³/mol. The van der Waals surface area contributed by atoms with Crippen LogP contribution in [0.3, 0.4) is 0 Å². The van der Waals surface area contributed by atoms with Crippen molar-refractivity contribution in [3.63, 3.8) is 0 Å². The molecule has 200 valence electrons. The molecule has 1 saturated carbocycles. The Morgan fingerprint density at radius 1 is 1.13 bits per heavy atom. The SMILES string of the molecule is CC(C)Oc1cc(Nc2ncc(-c3nc4ccccc4s3)c(N[C@@H]3C[C@H](C(C)(C)O)[C@@H](O)[C@H]3O)n2)cc[nH+]1. The zero-order chi connectivity index (χ0) is 27.0. The lowest BCUT2D eigenvalue weighted by Crippen LogP contribution is -2.40. The molecule has 6 N–H and O–H groups in total. The van der Waals surface area contributed by atoms with Gasteiger partial charge in [0.25, 0.3) is 0 Å². The number of H-pyrrole nitrogens is 1. The molecule has 1 aliphatic carbocycles. The van der Waals surface area contributed by atoms with E-state index in [0.29, 0.717) is 29.6 Å². The van der Waals surface area contributed by atoms with E-state index >= 15 is 0 Å². The lowest BCUT2D eigenvalue weighted by atomic mass is 9.88. The fourth-order valence-electron chi connectivity index (χ4n) is 4.72. The van der Waals surface area contributed by atoms with Gasteiger partial charge in [-0.25, -0.2) is 9.97 Å². The van der Waals surface area contributed by atoms with Crippen molar-refractivity contribution in [1.82, 2.24) is 15.0 Å². The van der Waals surface area contributed by atoms with Gasteiger partial charge in [-0.15, -0.1) is 11.3 Å². The Bertz CT molecular complexity index is 1390. The van der Waals surface area contributed by atoms with Crippen molar-refractivity contribution in [1.29, 1.82) is 0 Å². The number of rotatable bonds is 8. The van der Waals surface area contributed by atoms with E-state index in [0.717, 1.165) is 20.9 Å². The molecule has 1 aromatic carbocycles. The lowest BCUT2D eigenvalue weighted by molar-refractivity contribution is -0.396. The van der Waals surface area contributed by atoms with Gasteiger partial charge in [0.2, 0.25) is 5.95 Å². The summed E-state index contributed by atoms with van der Waals surface area (Å²) in [7, 11) is 0. The monoisotopic (exact) mass is 537 g/mol. The average molecular weight is 538 g/mol. The van der Waals surface area contributed by atoms with E-state index in [1.54, 1.807) is 26.2 Å². The standard InChI is InChI=1S/C27H32N6O4S/c1-14(2)37-21-11-15(9-10-28-21)30-26-29-13-16(25-32-18-7-5-6-8-20(18)38-25)24(33-26)31-19-12-17(27(3,4)36)22(34)23(19)35/h5-11,13-14,17,19,22-23,34-36H,12H2,1-4H3,(H2,28,29,30,31,33)/p+1/t17-,19+,22+,23-/m0/s1. The number of pyridine rings is 1. The molecule has 0 radical (unpaired) electrons. The summed E-state index contributed by atoms with van der Waals surface area (Å²) in [4.78, 5) is 17.1. The maximum Gasteiger partial charge on any atom is 0.368 e. The van der Waals surface area contributed by atoms with Crippen LogP contribution < -0.4 is 20.4 Å². The molecule has 3 aromatic heterocycles. The van der Waals surface area contributed by atoms with Gasteiger partial charge in [0, 0.05) is 18.2 Å². The Morgan fingerprint density at radius 2 is 1.92 bits per heavy atom. The second kappa shape index (κ2) is 10.4. The van der Waals surface area contributed by atoms with E-state index in [4.69, 9.17) is 14.7 Å². The molecule has 0 aliphatic heterocycles. The largest absolute Gasteiger partial charge is 0.442 e. The van der Waals surface area contributed by atoms with Gasteiger partial charge in [-0.2, -0.15) is 9.97 Å². The van der Waals surface area contributed by atoms with Crippen LogP contribution in [0.1, 0.15) is 34.1 Å². The minimum Gasteiger partial charge on any atom is -0.442 e. The van der Waals surface area contributed by atoms with Gasteiger partial charge in [-0.1, -0.05) is 12.1 Å². The number of ether oxygens (including phenoxy) is 1. The minimum atomic E-state index is -1.15. The number of anilines is 3. The van der Waals surface area contributed by atoms with Crippen molar-refractivity contribution in [3.05, 3.63) is 48.8 Å². The molecule has 0 unspecified atom stereocenters. The number of aromatic amines is 1. The summed E-state index contributed by atoms with van der Waals surface area (Å²) in [5, 5.41) is 39.3. The summed E-state index contributed by atoms with van der Waals surface area (Å²) in [6, 6.07) is 11.0. The zero-order valence-electron chi connectivity index (χ0n) is 21.7. The number of thiazole rings is 1. The Hall–Kier alpha value is -3.38. The van der Waals surface area contributed by atoms with Crippen LogP contribution in [0.15, 0.2) is 48.8 Å². The Labute approximate surface area is 224 Å². The molecule has 11 heteroatoms. The number of nitrogens with zero attached hydrogens (tertiary/aromatic N) is 3. The smallest absolute Gasteiger partial charge is 0.368 e. The number of para-hydroxylation sites is 1. The van der Waals surface area contributed by atoms with E-state index in [1.807, 2.05) is 50.2 Å². The summed E-state index contributed by atoms with van der Waals surface area (Å²) >= 11 is 1.52. The van der Waals surface area contributed by atoms with Crippen molar-refractivity contribution in [3.8, 4) is 16.5 Å². The Kier molecular flexibility index (Phi) is 7.19. The lowest BCUT2D eigenvalue weighted by Gasteiger charge is -2.28. The maximum absolute atomic E-state index is 10.8. The molecular weight excluding hydrogens is 504 g/mol. The van der Waals surface area contributed by atoms with Crippen molar-refractivity contribution in [2.24, 2.45) is 5.92 Å². The van der Waals surface area contributed by atoms with E-state index < -0.39 is 29.8 Å². The number of hydrogen-bond acceptors (Lipinski definition) is 10. The van der Waals surface area contributed by atoms with Gasteiger partial charge in [0.1, 0.15) is 16.9 Å². The topological polar surface area (TPSA) is 147 Å². The van der Waals surface area contributed by atoms with Gasteiger partial charge in [-0.05, 0) is 46.2 Å². The van der Waals surface area contributed by atoms with Gasteiger partial charge in [0.15, 0.2) is 6.20 Å². The van der Waals surface area contributed by atoms with Crippen LogP contribution in [0.25, 0.3) is 20.8 Å². The molecular formula is C27H33N6O4S+. The number of hydrogen-bond donors (Lipinski definition) is 5. The number of aliphatic hydroxyl groups is 3. The van der Waals surface area contributed by atoms with Gasteiger partial charge < -0.3 is 30.7 Å². The van der Waals surface area contributed by atoms with Crippen LogP contribution >= 0.6 is 11.3 Å². The van der Waals surface area contributed by atoms with E-state index in [1.165, 1.54) is 11.3 Å². The zero-order valence-corrected chi connectivity index (χ0v) is 22.5. The van der Waals surface area contributed by atoms with E-state index in [2.05, 4.69) is 20.6 Å². The van der Waals surface area contributed by atoms with Crippen molar-refractivity contribution in [2.45, 2.75) is 64.1 Å². The molecule has 0 spiro atoms. The number of nitrogens with one attached hydrogen (secondary N) is 3. The highest BCUT2D eigenvalue weighted by Gasteiger charge is 2.47. The van der Waals surface area contributed by atoms with E-state index in [-0.39, 0.29) is 6.10 Å². The number of aromatic nitrogens is 4. The first-order valence-corrected chi connectivity index (χ1v) is 13.4. The number of fused-ring (bicyclic) bond motifs is 1. The van der Waals surface area contributed by atoms with Crippen LogP contribution in [0, 0.1) is 5.92 Å². The first kappa shape index (κ1) is 26.2. The molecule has 3 heterocycles. The molecule has 1 fully saturated rings. The molecule has 4 aromatic rings. The molecule has 38 heavy (non-hydrogen) atoms. The molecule has 0 saturated heterocycles. The van der Waals surface area contributed by atoms with Gasteiger partial charge in [0.05, 0.1) is 51.4 Å². The summed E-state index contributed by atoms with van der Waals surface area (Å²) < 4.78 is 6.78. The fourth-order valence-corrected chi connectivity index (χ4v) is 5.70. The van der Waals surface area contributed by atoms with Crippen molar-refractivity contribution >= 4 is 39.0 Å². The number of aliphatic hydroxyl groups excluding tert-OH is 2. The molecule has 1 aliphatic rings. The normalized spacial score (nSPS) is 21.7. The van der Waals surface area contributed by atoms with Crippen LogP contribution in [0.2, 0.25) is 0 Å². The van der Waals surface area contributed by atoms with Crippen molar-refractivity contribution in [2.75, 3.05) is 10.6 Å². The van der Waals surface area contributed by atoms with Crippen molar-refractivity contribution < 1.29 is 25.0 Å². The quantitative estimate of drug-likeness (QED) is 0.228. The van der Waals surface area contributed by atoms with Gasteiger partial charge in [-0.3, -0.25) is 0 Å². The maximum atomic E-state index is 10.8. The molecule has 0 bridgehead atoms. The van der Waals surface area contributed by atoms with E-state index in [9.17, 15) is 15.3 Å². The van der Waals surface area contributed by atoms with Crippen LogP contribution in [0.5, 0.6) is 5.88 Å². The third kappa shape index (κ3) is 5.56. The Balaban J connectivity index is 1.49. The average Bonchev–Trinajstić information content (AvgIpc) is 3.40. The minimum absolute atomic E-state index is 0.0163. The molecule has 5 rings (SSSR count). The molecule has 10 nitrogen and oxygen atoms in total. The highest BCUT2D eigenvalue weighted by atomic mass is 32.1. The highest BCUT2D eigenvalue weighted by molar-refractivity contribution is 7.21. The summed E-state index contributed by atoms with van der Waals surface area (Å²) in [6.07, 6.45) is 1.69. The third-order valence-corrected chi connectivity index (χ3v) is 7.69. The highest BCUT2D eigenvalue weighted by Crippen LogP contribution is 2.39. The second-order valence-electron chi connectivity index (χ2n) is 10.4. The Morgan fingerprint density at radius 3 is 2.63 bits per heavy atom. The van der Waals surface area contributed by atoms with Crippen LogP contribution in [-0.2, 0) is 0 Å². The van der Waals surface area contributed by atoms with Crippen LogP contribution in [0.4, 0.5) is 17.5 Å². The van der Waals surface area contributed by atoms with Crippen LogP contribution in [-0.4, -0.2) is 60.2 Å². The summed E-state index contributed by atoms with van der Waals surface area (Å²) in [5.74, 6) is 0.914. The second-order valence-corrected chi connectivity index (χ2v) is 11.4.